The molecule has 4 aromatic rings. The second-order valence-corrected chi connectivity index (χ2v) is 11.4. The third-order valence-corrected chi connectivity index (χ3v) is 7.62. The summed E-state index contributed by atoms with van der Waals surface area (Å²) in [4.78, 5) is 19.7. The van der Waals surface area contributed by atoms with Crippen LogP contribution in [0, 0.1) is 13.8 Å². The van der Waals surface area contributed by atoms with Crippen LogP contribution in [0.5, 0.6) is 0 Å². The lowest BCUT2D eigenvalue weighted by Gasteiger charge is -2.28. The van der Waals surface area contributed by atoms with E-state index in [1.54, 1.807) is 11.3 Å². The fourth-order valence-corrected chi connectivity index (χ4v) is 5.90. The molecule has 8 nitrogen and oxygen atoms in total. The van der Waals surface area contributed by atoms with Crippen LogP contribution in [0.2, 0.25) is 5.02 Å². The molecule has 0 aliphatic carbocycles. The Hall–Kier alpha value is -3.01. The molecule has 1 aliphatic heterocycles. The number of aliphatic carboxylic acids is 1. The number of halogens is 1. The van der Waals surface area contributed by atoms with Crippen molar-refractivity contribution >= 4 is 44.3 Å². The smallest absolute Gasteiger partial charge is 0.337 e. The lowest BCUT2D eigenvalue weighted by Crippen LogP contribution is -2.34. The van der Waals surface area contributed by atoms with Gasteiger partial charge in [0.2, 0.25) is 0 Å². The fourth-order valence-electron chi connectivity index (χ4n) is 4.63. The van der Waals surface area contributed by atoms with Crippen LogP contribution < -0.4 is 4.90 Å². The van der Waals surface area contributed by atoms with Gasteiger partial charge in [-0.25, -0.2) is 9.78 Å². The Labute approximate surface area is 218 Å². The minimum absolute atomic E-state index is 0.614. The summed E-state index contributed by atoms with van der Waals surface area (Å²) < 4.78 is 9.14. The van der Waals surface area contributed by atoms with Gasteiger partial charge in [0, 0.05) is 29.2 Å². The Morgan fingerprint density at radius 1 is 1.17 bits per heavy atom. The van der Waals surface area contributed by atoms with Crippen molar-refractivity contribution in [2.75, 3.05) is 11.4 Å². The molecule has 0 spiro atoms. The molecule has 1 unspecified atom stereocenters. The molecular formula is C26H28ClN5O3S. The second-order valence-electron chi connectivity index (χ2n) is 10.0. The van der Waals surface area contributed by atoms with Gasteiger partial charge in [-0.05, 0) is 63.9 Å². The number of ether oxygens (including phenoxy) is 1. The Morgan fingerprint density at radius 2 is 1.89 bits per heavy atom. The molecule has 3 heterocycles. The standard InChI is InChI=1S/C26H28ClN5O3S/c1-14-12-18-23(36-25(28-18)31-10-11-32-15(2)29-30-19(32)13-31)21(16-6-8-17(27)9-7-16)20(14)22(24(33)34)35-26(3,4)5/h6-9,12,22H,10-11,13H2,1-5H3,(H,33,34). The van der Waals surface area contributed by atoms with Crippen LogP contribution in [0.3, 0.4) is 0 Å². The number of carboxylic acids is 1. The highest BCUT2D eigenvalue weighted by Gasteiger charge is 2.33. The Bertz CT molecular complexity index is 1460. The highest BCUT2D eigenvalue weighted by Crippen LogP contribution is 2.44. The van der Waals surface area contributed by atoms with E-state index in [1.807, 2.05) is 65.0 Å². The SMILES string of the molecule is Cc1cc2nc(N3CCn4c(C)nnc4C3)sc2c(-c2ccc(Cl)cc2)c1C(OC(C)(C)C)C(=O)O. The first-order valence-electron chi connectivity index (χ1n) is 11.8. The number of benzene rings is 2. The molecule has 1 aliphatic rings. The quantitative estimate of drug-likeness (QED) is 0.352. The van der Waals surface area contributed by atoms with Gasteiger partial charge in [0.25, 0.3) is 0 Å². The van der Waals surface area contributed by atoms with E-state index < -0.39 is 17.7 Å². The van der Waals surface area contributed by atoms with Crippen LogP contribution in [-0.4, -0.2) is 43.0 Å². The van der Waals surface area contributed by atoms with Crippen molar-refractivity contribution < 1.29 is 14.6 Å². The zero-order valence-corrected chi connectivity index (χ0v) is 22.4. The fraction of sp³-hybridized carbons (Fsp3) is 0.385. The van der Waals surface area contributed by atoms with Crippen molar-refractivity contribution in [1.29, 1.82) is 0 Å². The summed E-state index contributed by atoms with van der Waals surface area (Å²) in [6, 6.07) is 9.43. The molecule has 36 heavy (non-hydrogen) atoms. The van der Waals surface area contributed by atoms with E-state index in [9.17, 15) is 9.90 Å². The van der Waals surface area contributed by atoms with E-state index >= 15 is 0 Å². The third kappa shape index (κ3) is 4.58. The van der Waals surface area contributed by atoms with Crippen LogP contribution in [0.15, 0.2) is 30.3 Å². The van der Waals surface area contributed by atoms with Crippen molar-refractivity contribution in [2.24, 2.45) is 0 Å². The van der Waals surface area contributed by atoms with Gasteiger partial charge in [0.1, 0.15) is 5.82 Å². The molecule has 1 atom stereocenters. The predicted molar refractivity (Wildman–Crippen MR) is 142 cm³/mol. The molecule has 0 saturated carbocycles. The summed E-state index contributed by atoms with van der Waals surface area (Å²) in [5.41, 5.74) is 3.31. The van der Waals surface area contributed by atoms with E-state index in [-0.39, 0.29) is 0 Å². The van der Waals surface area contributed by atoms with E-state index in [2.05, 4.69) is 19.7 Å². The van der Waals surface area contributed by atoms with Crippen molar-refractivity contribution in [1.82, 2.24) is 19.7 Å². The van der Waals surface area contributed by atoms with Gasteiger partial charge in [-0.3, -0.25) is 0 Å². The molecule has 5 rings (SSSR count). The number of carbonyl (C=O) groups is 1. The van der Waals surface area contributed by atoms with Gasteiger partial charge in [0.15, 0.2) is 17.1 Å². The molecule has 0 amide bonds. The monoisotopic (exact) mass is 525 g/mol. The summed E-state index contributed by atoms with van der Waals surface area (Å²) >= 11 is 7.75. The van der Waals surface area contributed by atoms with Crippen molar-refractivity contribution in [3.63, 3.8) is 0 Å². The lowest BCUT2D eigenvalue weighted by atomic mass is 9.91. The van der Waals surface area contributed by atoms with E-state index in [4.69, 9.17) is 21.3 Å². The summed E-state index contributed by atoms with van der Waals surface area (Å²) in [6.07, 6.45) is -1.14. The normalized spacial score (nSPS) is 14.8. The van der Waals surface area contributed by atoms with E-state index in [0.717, 1.165) is 56.8 Å². The second kappa shape index (κ2) is 9.14. The van der Waals surface area contributed by atoms with Crippen molar-refractivity contribution in [2.45, 2.75) is 59.4 Å². The third-order valence-electron chi connectivity index (χ3n) is 6.22. The van der Waals surface area contributed by atoms with Crippen molar-refractivity contribution in [3.8, 4) is 11.1 Å². The number of nitrogens with zero attached hydrogens (tertiary/aromatic N) is 5. The summed E-state index contributed by atoms with van der Waals surface area (Å²) in [5, 5.41) is 20.2. The molecule has 0 fully saturated rings. The van der Waals surface area contributed by atoms with Crippen LogP contribution in [0.25, 0.3) is 21.3 Å². The molecule has 10 heteroatoms. The number of fused-ring (bicyclic) bond motifs is 2. The predicted octanol–water partition coefficient (Wildman–Crippen LogP) is 5.79. The maximum atomic E-state index is 12.5. The number of carboxylic acid groups (broad SMARTS) is 1. The number of hydrogen-bond acceptors (Lipinski definition) is 7. The Morgan fingerprint density at radius 3 is 2.56 bits per heavy atom. The Kier molecular flexibility index (Phi) is 6.26. The van der Waals surface area contributed by atoms with Crippen molar-refractivity contribution in [3.05, 3.63) is 58.1 Å². The largest absolute Gasteiger partial charge is 0.479 e. The molecule has 2 aromatic carbocycles. The maximum absolute atomic E-state index is 12.5. The average molecular weight is 526 g/mol. The highest BCUT2D eigenvalue weighted by molar-refractivity contribution is 7.22. The van der Waals surface area contributed by atoms with Crippen LogP contribution in [0.4, 0.5) is 5.13 Å². The summed E-state index contributed by atoms with van der Waals surface area (Å²) in [6.45, 7) is 11.7. The number of thiazole rings is 1. The van der Waals surface area contributed by atoms with Crippen LogP contribution >= 0.6 is 22.9 Å². The van der Waals surface area contributed by atoms with Gasteiger partial charge >= 0.3 is 5.97 Å². The maximum Gasteiger partial charge on any atom is 0.337 e. The number of aryl methyl sites for hydroxylation is 2. The Balaban J connectivity index is 1.69. The first-order chi connectivity index (χ1) is 17.0. The molecule has 188 valence electrons. The minimum atomic E-state index is -1.14. The average Bonchev–Trinajstić information content (AvgIpc) is 3.40. The minimum Gasteiger partial charge on any atom is -0.479 e. The molecule has 0 bridgehead atoms. The first-order valence-corrected chi connectivity index (χ1v) is 13.0. The number of rotatable bonds is 5. The highest BCUT2D eigenvalue weighted by atomic mass is 35.5. The van der Waals surface area contributed by atoms with Gasteiger partial charge in [-0.15, -0.1) is 10.2 Å². The van der Waals surface area contributed by atoms with Gasteiger partial charge in [-0.2, -0.15) is 0 Å². The first kappa shape index (κ1) is 24.7. The van der Waals surface area contributed by atoms with Gasteiger partial charge in [-0.1, -0.05) is 35.1 Å². The number of anilines is 1. The zero-order valence-electron chi connectivity index (χ0n) is 20.9. The topological polar surface area (TPSA) is 93.4 Å². The van der Waals surface area contributed by atoms with Crippen LogP contribution in [0.1, 0.15) is 49.7 Å². The molecule has 2 aromatic heterocycles. The van der Waals surface area contributed by atoms with Gasteiger partial charge in [0.05, 0.1) is 22.4 Å². The lowest BCUT2D eigenvalue weighted by molar-refractivity contribution is -0.160. The zero-order chi connectivity index (χ0) is 25.8. The summed E-state index contributed by atoms with van der Waals surface area (Å²) in [5.74, 6) is 0.799. The number of aromatic nitrogens is 4. The molecule has 0 radical (unpaired) electrons. The molecule has 1 N–H and O–H groups in total. The van der Waals surface area contributed by atoms with E-state index in [0.29, 0.717) is 17.1 Å². The van der Waals surface area contributed by atoms with Gasteiger partial charge < -0.3 is 19.3 Å². The molecular weight excluding hydrogens is 498 g/mol. The van der Waals surface area contributed by atoms with E-state index in [1.165, 1.54) is 0 Å². The number of hydrogen-bond donors (Lipinski definition) is 1. The molecule has 0 saturated heterocycles. The summed E-state index contributed by atoms with van der Waals surface area (Å²) in [7, 11) is 0. The van der Waals surface area contributed by atoms with Crippen LogP contribution in [-0.2, 0) is 22.6 Å².